The number of methoxy groups -OCH3 is 3. The number of hydrogen-bond acceptors (Lipinski definition) is 7. The molecule has 2 rings (SSSR count). The van der Waals surface area contributed by atoms with E-state index in [0.29, 0.717) is 23.0 Å². The van der Waals surface area contributed by atoms with Crippen LogP contribution in [0, 0.1) is 0 Å². The molecule has 2 aromatic rings. The van der Waals surface area contributed by atoms with E-state index in [1.54, 1.807) is 37.4 Å². The van der Waals surface area contributed by atoms with Crippen molar-refractivity contribution in [2.45, 2.75) is 26.5 Å². The fraction of sp³-hybridized carbons (Fsp3) is 0.364. The summed E-state index contributed by atoms with van der Waals surface area (Å²) in [6.07, 6.45) is -0.0360. The van der Waals surface area contributed by atoms with Gasteiger partial charge in [-0.3, -0.25) is 4.79 Å². The largest absolute Gasteiger partial charge is 0.493 e. The first-order chi connectivity index (χ1) is 14.4. The van der Waals surface area contributed by atoms with Crippen molar-refractivity contribution in [3.63, 3.8) is 0 Å². The highest BCUT2D eigenvalue weighted by Gasteiger charge is 2.15. The lowest BCUT2D eigenvalue weighted by molar-refractivity contribution is -0.124. The van der Waals surface area contributed by atoms with Gasteiger partial charge in [-0.1, -0.05) is 6.07 Å². The molecule has 0 heterocycles. The molecule has 0 spiro atoms. The number of esters is 1. The highest BCUT2D eigenvalue weighted by atomic mass is 16.5. The van der Waals surface area contributed by atoms with Gasteiger partial charge in [0.05, 0.1) is 33.0 Å². The summed E-state index contributed by atoms with van der Waals surface area (Å²) in [6, 6.07) is 10.0. The van der Waals surface area contributed by atoms with Gasteiger partial charge < -0.3 is 29.0 Å². The standard InChI is InChI=1S/C22H27NO7/c1-14(2)30-18-9-7-16(11-20(18)28-5)22(25)29-13-21(24)23-12-15-6-8-17(26-3)19(10-15)27-4/h6-11,14H,12-13H2,1-5H3,(H,23,24). The molecule has 0 aliphatic heterocycles. The molecule has 8 nitrogen and oxygen atoms in total. The molecule has 8 heteroatoms. The smallest absolute Gasteiger partial charge is 0.338 e. The Morgan fingerprint density at radius 3 is 2.13 bits per heavy atom. The lowest BCUT2D eigenvalue weighted by Crippen LogP contribution is -2.28. The first-order valence-corrected chi connectivity index (χ1v) is 9.37. The zero-order valence-electron chi connectivity index (χ0n) is 17.8. The summed E-state index contributed by atoms with van der Waals surface area (Å²) < 4.78 is 26.4. The van der Waals surface area contributed by atoms with Crippen LogP contribution in [0.5, 0.6) is 23.0 Å². The van der Waals surface area contributed by atoms with Crippen molar-refractivity contribution in [2.24, 2.45) is 0 Å². The Labute approximate surface area is 176 Å². The second-order valence-corrected chi connectivity index (χ2v) is 6.57. The highest BCUT2D eigenvalue weighted by molar-refractivity contribution is 5.92. The van der Waals surface area contributed by atoms with Crippen LogP contribution >= 0.6 is 0 Å². The van der Waals surface area contributed by atoms with Gasteiger partial charge in [0.2, 0.25) is 0 Å². The van der Waals surface area contributed by atoms with Gasteiger partial charge in [-0.25, -0.2) is 4.79 Å². The molecular weight excluding hydrogens is 390 g/mol. The van der Waals surface area contributed by atoms with E-state index in [9.17, 15) is 9.59 Å². The SMILES string of the molecule is COc1ccc(CNC(=O)COC(=O)c2ccc(OC(C)C)c(OC)c2)cc1OC. The van der Waals surface area contributed by atoms with Crippen molar-refractivity contribution < 1.29 is 33.3 Å². The van der Waals surface area contributed by atoms with Gasteiger partial charge in [0.25, 0.3) is 5.91 Å². The Balaban J connectivity index is 1.89. The second-order valence-electron chi connectivity index (χ2n) is 6.57. The van der Waals surface area contributed by atoms with Gasteiger partial charge in [-0.15, -0.1) is 0 Å². The molecule has 0 unspecified atom stereocenters. The fourth-order valence-corrected chi connectivity index (χ4v) is 2.60. The number of carbonyl (C=O) groups excluding carboxylic acids is 2. The Kier molecular flexibility index (Phi) is 8.34. The number of ether oxygens (including phenoxy) is 5. The molecule has 0 saturated carbocycles. The van der Waals surface area contributed by atoms with Crippen molar-refractivity contribution in [2.75, 3.05) is 27.9 Å². The average Bonchev–Trinajstić information content (AvgIpc) is 2.75. The molecule has 2 aromatic carbocycles. The third kappa shape index (κ3) is 6.30. The maximum Gasteiger partial charge on any atom is 0.338 e. The molecule has 162 valence electrons. The minimum atomic E-state index is -0.634. The molecule has 30 heavy (non-hydrogen) atoms. The van der Waals surface area contributed by atoms with Crippen molar-refractivity contribution in [1.82, 2.24) is 5.32 Å². The third-order valence-corrected chi connectivity index (χ3v) is 4.03. The van der Waals surface area contributed by atoms with E-state index >= 15 is 0 Å². The quantitative estimate of drug-likeness (QED) is 0.594. The van der Waals surface area contributed by atoms with Crippen LogP contribution in [0.4, 0.5) is 0 Å². The van der Waals surface area contributed by atoms with Crippen LogP contribution in [0.1, 0.15) is 29.8 Å². The van der Waals surface area contributed by atoms with Gasteiger partial charge >= 0.3 is 5.97 Å². The van der Waals surface area contributed by atoms with Crippen molar-refractivity contribution in [3.8, 4) is 23.0 Å². The lowest BCUT2D eigenvalue weighted by Gasteiger charge is -2.14. The number of nitrogens with one attached hydrogen (secondary N) is 1. The van der Waals surface area contributed by atoms with Crippen molar-refractivity contribution in [1.29, 1.82) is 0 Å². The van der Waals surface area contributed by atoms with Crippen molar-refractivity contribution >= 4 is 11.9 Å². The number of amides is 1. The van der Waals surface area contributed by atoms with Crippen molar-refractivity contribution in [3.05, 3.63) is 47.5 Å². The minimum Gasteiger partial charge on any atom is -0.493 e. The number of rotatable bonds is 10. The Morgan fingerprint density at radius 1 is 0.867 bits per heavy atom. The molecule has 0 aliphatic carbocycles. The number of carbonyl (C=O) groups is 2. The molecule has 0 radical (unpaired) electrons. The molecular formula is C22H27NO7. The number of hydrogen-bond donors (Lipinski definition) is 1. The van der Waals surface area contributed by atoms with Gasteiger partial charge in [0, 0.05) is 6.54 Å². The molecule has 0 bridgehead atoms. The van der Waals surface area contributed by atoms with E-state index in [-0.39, 0.29) is 18.2 Å². The van der Waals surface area contributed by atoms with Crippen LogP contribution in [0.3, 0.4) is 0 Å². The van der Waals surface area contributed by atoms with Crippen LogP contribution < -0.4 is 24.3 Å². The van der Waals surface area contributed by atoms with Crippen LogP contribution in [0.15, 0.2) is 36.4 Å². The maximum atomic E-state index is 12.3. The van der Waals surface area contributed by atoms with E-state index < -0.39 is 18.5 Å². The summed E-state index contributed by atoms with van der Waals surface area (Å²) in [5.41, 5.74) is 1.08. The summed E-state index contributed by atoms with van der Waals surface area (Å²) >= 11 is 0. The van der Waals surface area contributed by atoms with Gasteiger partial charge in [-0.2, -0.15) is 0 Å². The first kappa shape index (κ1) is 22.9. The fourth-order valence-electron chi connectivity index (χ4n) is 2.60. The Morgan fingerprint density at radius 2 is 1.50 bits per heavy atom. The third-order valence-electron chi connectivity index (χ3n) is 4.03. The van der Waals surface area contributed by atoms with Crippen LogP contribution in [0.25, 0.3) is 0 Å². The number of benzene rings is 2. The Hall–Kier alpha value is -3.42. The summed E-state index contributed by atoms with van der Waals surface area (Å²) in [5, 5.41) is 2.69. The molecule has 0 atom stereocenters. The van der Waals surface area contributed by atoms with Crippen LogP contribution in [0.2, 0.25) is 0 Å². The van der Waals surface area contributed by atoms with E-state index in [4.69, 9.17) is 23.7 Å². The van der Waals surface area contributed by atoms with Gasteiger partial charge in [0.15, 0.2) is 29.6 Å². The topological polar surface area (TPSA) is 92.3 Å². The zero-order chi connectivity index (χ0) is 22.1. The van der Waals surface area contributed by atoms with E-state index in [2.05, 4.69) is 5.32 Å². The second kappa shape index (κ2) is 10.9. The average molecular weight is 417 g/mol. The monoisotopic (exact) mass is 417 g/mol. The summed E-state index contributed by atoms with van der Waals surface area (Å²) in [4.78, 5) is 24.3. The molecule has 1 N–H and O–H groups in total. The lowest BCUT2D eigenvalue weighted by atomic mass is 10.2. The summed E-state index contributed by atoms with van der Waals surface area (Å²) in [5.74, 6) is 1.04. The molecule has 0 aliphatic rings. The predicted octanol–water partition coefficient (Wildman–Crippen LogP) is 2.97. The molecule has 0 fully saturated rings. The van der Waals surface area contributed by atoms with Crippen LogP contribution in [-0.4, -0.2) is 45.9 Å². The molecule has 0 saturated heterocycles. The van der Waals surface area contributed by atoms with E-state index in [0.717, 1.165) is 5.56 Å². The van der Waals surface area contributed by atoms with Gasteiger partial charge in [-0.05, 0) is 49.7 Å². The van der Waals surface area contributed by atoms with Gasteiger partial charge in [0.1, 0.15) is 0 Å². The maximum absolute atomic E-state index is 12.3. The first-order valence-electron chi connectivity index (χ1n) is 9.37. The molecule has 0 aromatic heterocycles. The zero-order valence-corrected chi connectivity index (χ0v) is 17.8. The summed E-state index contributed by atoms with van der Waals surface area (Å²) in [7, 11) is 4.57. The predicted molar refractivity (Wildman–Crippen MR) is 110 cm³/mol. The van der Waals surface area contributed by atoms with E-state index in [1.807, 2.05) is 13.8 Å². The Bertz CT molecular complexity index is 880. The highest BCUT2D eigenvalue weighted by Crippen LogP contribution is 2.29. The van der Waals surface area contributed by atoms with Crippen LogP contribution in [-0.2, 0) is 16.1 Å². The normalized spacial score (nSPS) is 10.3. The minimum absolute atomic E-state index is 0.0360. The molecule has 1 amide bonds. The van der Waals surface area contributed by atoms with E-state index in [1.165, 1.54) is 20.3 Å². The summed E-state index contributed by atoms with van der Waals surface area (Å²) in [6.45, 7) is 3.63.